The van der Waals surface area contributed by atoms with Crippen molar-refractivity contribution in [3.8, 4) is 23.2 Å². The fourth-order valence-electron chi connectivity index (χ4n) is 4.78. The molecule has 0 spiro atoms. The average Bonchev–Trinajstić information content (AvgIpc) is 3.19. The highest BCUT2D eigenvalue weighted by molar-refractivity contribution is 5.96. The first-order valence-electron chi connectivity index (χ1n) is 12.8. The van der Waals surface area contributed by atoms with Crippen molar-refractivity contribution >= 4 is 5.91 Å². The quantitative estimate of drug-likeness (QED) is 0.388. The monoisotopic (exact) mass is 511 g/mol. The van der Waals surface area contributed by atoms with Gasteiger partial charge in [-0.1, -0.05) is 18.2 Å². The first-order valence-corrected chi connectivity index (χ1v) is 12.8. The summed E-state index contributed by atoms with van der Waals surface area (Å²) in [6.07, 6.45) is 1.62. The lowest BCUT2D eigenvalue weighted by atomic mass is 10.2. The zero-order valence-electron chi connectivity index (χ0n) is 22.3. The van der Waals surface area contributed by atoms with Gasteiger partial charge in [0.05, 0.1) is 0 Å². The molecule has 0 atom stereocenters. The number of rotatable bonds is 3. The minimum Gasteiger partial charge on any atom is -0.488 e. The molecule has 8 heteroatoms. The Morgan fingerprint density at radius 2 is 1.74 bits per heavy atom. The minimum atomic E-state index is -0.130. The zero-order chi connectivity index (χ0) is 26.6. The van der Waals surface area contributed by atoms with Gasteiger partial charge in [-0.25, -0.2) is 9.97 Å². The second kappa shape index (κ2) is 11.1. The number of benzene rings is 1. The third-order valence-corrected chi connectivity index (χ3v) is 6.85. The van der Waals surface area contributed by atoms with E-state index in [2.05, 4.69) is 34.4 Å². The van der Waals surface area contributed by atoms with E-state index in [9.17, 15) is 4.79 Å². The molecule has 5 rings (SSSR count). The largest absolute Gasteiger partial charge is 0.488 e. The molecule has 0 aliphatic carbocycles. The van der Waals surface area contributed by atoms with Crippen molar-refractivity contribution in [1.82, 2.24) is 24.3 Å². The van der Waals surface area contributed by atoms with Crippen molar-refractivity contribution in [1.29, 1.82) is 0 Å². The van der Waals surface area contributed by atoms with Gasteiger partial charge in [0.2, 0.25) is 5.88 Å². The van der Waals surface area contributed by atoms with Crippen LogP contribution in [0.4, 0.5) is 0 Å². The van der Waals surface area contributed by atoms with Crippen LogP contribution in [-0.2, 0) is 6.54 Å². The van der Waals surface area contributed by atoms with E-state index < -0.39 is 0 Å². The number of carbonyl (C=O) groups excluding carboxylic acids is 1. The summed E-state index contributed by atoms with van der Waals surface area (Å²) in [6, 6.07) is 19.3. The molecule has 8 nitrogen and oxygen atoms in total. The fourth-order valence-corrected chi connectivity index (χ4v) is 4.78. The normalized spacial score (nSPS) is 14.8. The fraction of sp³-hybridized carbons (Fsp3) is 0.300. The first kappa shape index (κ1) is 25.5. The second-order valence-corrected chi connectivity index (χ2v) is 9.63. The van der Waals surface area contributed by atoms with E-state index in [0.29, 0.717) is 43.3 Å². The highest BCUT2D eigenvalue weighted by atomic mass is 16.5. The Morgan fingerprint density at radius 3 is 2.55 bits per heavy atom. The van der Waals surface area contributed by atoms with Crippen molar-refractivity contribution in [2.45, 2.75) is 27.3 Å². The maximum atomic E-state index is 13.3. The van der Waals surface area contributed by atoms with Crippen LogP contribution in [0.15, 0.2) is 66.9 Å². The van der Waals surface area contributed by atoms with Crippen LogP contribution in [0.3, 0.4) is 0 Å². The van der Waals surface area contributed by atoms with E-state index in [4.69, 9.17) is 14.5 Å². The van der Waals surface area contributed by atoms with Gasteiger partial charge in [-0.3, -0.25) is 9.69 Å². The molecule has 1 aliphatic heterocycles. The van der Waals surface area contributed by atoms with E-state index in [-0.39, 0.29) is 11.8 Å². The molecule has 196 valence electrons. The molecule has 1 amide bonds. The lowest BCUT2D eigenvalue weighted by molar-refractivity contribution is 0.0770. The molecule has 3 aromatic heterocycles. The number of ether oxygens (including phenoxy) is 2. The number of aryl methyl sites for hydroxylation is 2. The smallest absolute Gasteiger partial charge is 0.259 e. The number of hydrogen-bond donors (Lipinski definition) is 0. The van der Waals surface area contributed by atoms with Crippen LogP contribution in [0.25, 0.3) is 5.82 Å². The van der Waals surface area contributed by atoms with E-state index in [1.165, 1.54) is 5.56 Å². The molecule has 4 heterocycles. The van der Waals surface area contributed by atoms with Gasteiger partial charge in [0.25, 0.3) is 5.91 Å². The van der Waals surface area contributed by atoms with Gasteiger partial charge in [0, 0.05) is 56.5 Å². The molecular formula is C30H33N5O3. The summed E-state index contributed by atoms with van der Waals surface area (Å²) >= 11 is 0. The number of fused-ring (bicyclic) bond motifs is 2. The van der Waals surface area contributed by atoms with Crippen LogP contribution in [0, 0.1) is 20.8 Å². The molecule has 4 aromatic rings. The van der Waals surface area contributed by atoms with Crippen LogP contribution in [0.1, 0.15) is 33.0 Å². The molecular weight excluding hydrogens is 478 g/mol. The van der Waals surface area contributed by atoms with Crippen molar-refractivity contribution < 1.29 is 14.3 Å². The Labute approximate surface area is 223 Å². The van der Waals surface area contributed by atoms with Crippen LogP contribution >= 0.6 is 0 Å². The molecule has 38 heavy (non-hydrogen) atoms. The molecule has 0 N–H and O–H groups in total. The standard InChI is InChI=1S/C30H33N5O3/c1-21-9-7-13-28(32-21)35-22(2)19-24(23(35)3)20-34-16-15-33(4)30(36)25-10-8-14-31-29(25)38-27-12-6-5-11-26(27)37-18-17-34/h5-14,19H,15-18,20H2,1-4H3. The van der Waals surface area contributed by atoms with E-state index in [0.717, 1.165) is 29.4 Å². The number of hydrogen-bond acceptors (Lipinski definition) is 6. The summed E-state index contributed by atoms with van der Waals surface area (Å²) < 4.78 is 14.4. The number of amides is 1. The van der Waals surface area contributed by atoms with Gasteiger partial charge in [0.1, 0.15) is 18.0 Å². The number of pyridine rings is 2. The number of para-hydroxylation sites is 2. The zero-order valence-corrected chi connectivity index (χ0v) is 22.3. The molecule has 1 aromatic carbocycles. The number of carbonyl (C=O) groups is 1. The third-order valence-electron chi connectivity index (χ3n) is 6.85. The topological polar surface area (TPSA) is 72.7 Å². The van der Waals surface area contributed by atoms with Crippen molar-refractivity contribution in [2.24, 2.45) is 0 Å². The Morgan fingerprint density at radius 1 is 0.921 bits per heavy atom. The Hall–Kier alpha value is -4.17. The van der Waals surface area contributed by atoms with E-state index in [1.807, 2.05) is 56.4 Å². The van der Waals surface area contributed by atoms with Crippen molar-refractivity contribution in [3.63, 3.8) is 0 Å². The van der Waals surface area contributed by atoms with Gasteiger partial charge >= 0.3 is 0 Å². The number of nitrogens with zero attached hydrogens (tertiary/aromatic N) is 5. The van der Waals surface area contributed by atoms with Crippen LogP contribution < -0.4 is 9.47 Å². The molecule has 0 saturated heterocycles. The summed E-state index contributed by atoms with van der Waals surface area (Å²) in [5.41, 5.74) is 4.93. The summed E-state index contributed by atoms with van der Waals surface area (Å²) in [7, 11) is 1.82. The van der Waals surface area contributed by atoms with Crippen LogP contribution in [0.2, 0.25) is 0 Å². The first-order chi connectivity index (χ1) is 18.4. The average molecular weight is 512 g/mol. The highest BCUT2D eigenvalue weighted by Gasteiger charge is 2.22. The van der Waals surface area contributed by atoms with Gasteiger partial charge < -0.3 is 18.9 Å². The molecule has 0 bridgehead atoms. The highest BCUT2D eigenvalue weighted by Crippen LogP contribution is 2.32. The van der Waals surface area contributed by atoms with Crippen LogP contribution in [-0.4, -0.2) is 63.5 Å². The van der Waals surface area contributed by atoms with Crippen molar-refractivity contribution in [2.75, 3.05) is 33.3 Å². The molecule has 1 aliphatic rings. The maximum Gasteiger partial charge on any atom is 0.259 e. The number of aromatic nitrogens is 3. The Balaban J connectivity index is 1.43. The minimum absolute atomic E-state index is 0.130. The summed E-state index contributed by atoms with van der Waals surface area (Å²) in [4.78, 5) is 26.5. The van der Waals surface area contributed by atoms with Crippen LogP contribution in [0.5, 0.6) is 17.4 Å². The summed E-state index contributed by atoms with van der Waals surface area (Å²) in [6.45, 7) is 9.39. The maximum absolute atomic E-state index is 13.3. The third kappa shape index (κ3) is 5.40. The lowest BCUT2D eigenvalue weighted by Gasteiger charge is -2.25. The van der Waals surface area contributed by atoms with Gasteiger partial charge in [0.15, 0.2) is 11.5 Å². The van der Waals surface area contributed by atoms with Gasteiger partial charge in [-0.15, -0.1) is 0 Å². The molecule has 0 radical (unpaired) electrons. The Kier molecular flexibility index (Phi) is 7.42. The molecule has 0 unspecified atom stereocenters. The van der Waals surface area contributed by atoms with Gasteiger partial charge in [-0.2, -0.15) is 0 Å². The lowest BCUT2D eigenvalue weighted by Crippen LogP contribution is -2.38. The van der Waals surface area contributed by atoms with E-state index >= 15 is 0 Å². The van der Waals surface area contributed by atoms with Crippen molar-refractivity contribution in [3.05, 3.63) is 95.1 Å². The van der Waals surface area contributed by atoms with Gasteiger partial charge in [-0.05, 0) is 68.8 Å². The summed E-state index contributed by atoms with van der Waals surface area (Å²) in [5.74, 6) is 2.22. The molecule has 0 fully saturated rings. The predicted octanol–water partition coefficient (Wildman–Crippen LogP) is 4.95. The molecule has 0 saturated carbocycles. The predicted molar refractivity (Wildman–Crippen MR) is 146 cm³/mol. The number of likely N-dealkylation sites (N-methyl/N-ethyl adjacent to an activating group) is 1. The second-order valence-electron chi connectivity index (χ2n) is 9.63. The Bertz CT molecular complexity index is 1450. The summed E-state index contributed by atoms with van der Waals surface area (Å²) in [5, 5.41) is 0. The SMILES string of the molecule is Cc1cccc(-n2c(C)cc(CN3CCOc4ccccc4Oc4ncccc4C(=O)N(C)CC3)c2C)n1. The van der Waals surface area contributed by atoms with E-state index in [1.54, 1.807) is 23.2 Å².